The fourth-order valence-corrected chi connectivity index (χ4v) is 5.80. The van der Waals surface area contributed by atoms with E-state index < -0.39 is 0 Å². The van der Waals surface area contributed by atoms with Crippen molar-refractivity contribution in [1.29, 1.82) is 0 Å². The Balaban J connectivity index is 5.75. The largest absolute Gasteiger partial charge is 0.369 e. The third-order valence-corrected chi connectivity index (χ3v) is 9.78. The van der Waals surface area contributed by atoms with E-state index in [-0.39, 0.29) is 22.0 Å². The van der Waals surface area contributed by atoms with Crippen LogP contribution >= 0.6 is 0 Å². The highest BCUT2D eigenvalue weighted by Gasteiger charge is 2.51. The predicted molar refractivity (Wildman–Crippen MR) is 151 cm³/mol. The summed E-state index contributed by atoms with van der Waals surface area (Å²) in [5.41, 5.74) is -0.0526. The summed E-state index contributed by atoms with van der Waals surface area (Å²) in [6.07, 6.45) is 18.6. The minimum Gasteiger partial charge on any atom is -0.369 e. The van der Waals surface area contributed by atoms with Gasteiger partial charge in [-0.2, -0.15) is 0 Å². The van der Waals surface area contributed by atoms with Gasteiger partial charge in [0.15, 0.2) is 0 Å². The average molecular weight is 467 g/mol. The molecule has 0 amide bonds. The molecule has 0 aliphatic carbocycles. The normalized spacial score (nSPS) is 15.6. The van der Waals surface area contributed by atoms with Crippen molar-refractivity contribution in [2.45, 2.75) is 184 Å². The van der Waals surface area contributed by atoms with Crippen molar-refractivity contribution in [3.8, 4) is 0 Å². The highest BCUT2D eigenvalue weighted by molar-refractivity contribution is 4.99. The predicted octanol–water partition coefficient (Wildman–Crippen LogP) is 11.4. The second-order valence-corrected chi connectivity index (χ2v) is 13.2. The van der Waals surface area contributed by atoms with Crippen LogP contribution in [0.2, 0.25) is 0 Å². The lowest BCUT2D eigenvalue weighted by atomic mass is 9.62. The van der Waals surface area contributed by atoms with Gasteiger partial charge in [0.1, 0.15) is 0 Å². The van der Waals surface area contributed by atoms with E-state index in [1.54, 1.807) is 0 Å². The third-order valence-electron chi connectivity index (χ3n) is 9.78. The quantitative estimate of drug-likeness (QED) is 0.162. The molecule has 0 aliphatic heterocycles. The van der Waals surface area contributed by atoms with E-state index >= 15 is 0 Å². The maximum absolute atomic E-state index is 7.29. The average Bonchev–Trinajstić information content (AvgIpc) is 2.71. The Bertz CT molecular complexity index is 441. The van der Waals surface area contributed by atoms with Gasteiger partial charge in [-0.15, -0.1) is 0 Å². The molecular weight excluding hydrogens is 400 g/mol. The maximum Gasteiger partial charge on any atom is 0.0687 e. The van der Waals surface area contributed by atoms with Crippen molar-refractivity contribution >= 4 is 0 Å². The van der Waals surface area contributed by atoms with Crippen molar-refractivity contribution in [2.24, 2.45) is 22.7 Å². The van der Waals surface area contributed by atoms with Crippen LogP contribution in [0.1, 0.15) is 173 Å². The lowest BCUT2D eigenvalue weighted by Crippen LogP contribution is -2.56. The van der Waals surface area contributed by atoms with Gasteiger partial charge in [-0.1, -0.05) is 120 Å². The molecule has 0 aliphatic rings. The van der Waals surface area contributed by atoms with E-state index in [9.17, 15) is 0 Å². The van der Waals surface area contributed by atoms with Crippen LogP contribution in [-0.2, 0) is 4.74 Å². The zero-order valence-electron chi connectivity index (χ0n) is 25.5. The molecule has 0 fully saturated rings. The topological polar surface area (TPSA) is 9.23 Å². The van der Waals surface area contributed by atoms with Crippen LogP contribution in [0.4, 0.5) is 0 Å². The summed E-state index contributed by atoms with van der Waals surface area (Å²) >= 11 is 0. The molecule has 2 unspecified atom stereocenters. The summed E-state index contributed by atoms with van der Waals surface area (Å²) in [6.45, 7) is 28.9. The van der Waals surface area contributed by atoms with E-state index in [1.165, 1.54) is 89.9 Å². The maximum atomic E-state index is 7.29. The van der Waals surface area contributed by atoms with E-state index in [0.717, 1.165) is 11.8 Å². The smallest absolute Gasteiger partial charge is 0.0687 e. The summed E-state index contributed by atoms with van der Waals surface area (Å²) < 4.78 is 7.29. The monoisotopic (exact) mass is 467 g/mol. The summed E-state index contributed by atoms with van der Waals surface area (Å²) in [5.74, 6) is 1.44. The van der Waals surface area contributed by atoms with Gasteiger partial charge in [-0.3, -0.25) is 0 Å². The fourth-order valence-electron chi connectivity index (χ4n) is 5.80. The number of ether oxygens (including phenoxy) is 1. The molecule has 0 rings (SSSR count). The van der Waals surface area contributed by atoms with Gasteiger partial charge in [-0.25, -0.2) is 0 Å². The molecule has 0 saturated heterocycles. The summed E-state index contributed by atoms with van der Waals surface area (Å²) in [7, 11) is 0. The highest BCUT2D eigenvalue weighted by Crippen LogP contribution is 2.52. The minimum atomic E-state index is -0.170. The van der Waals surface area contributed by atoms with Gasteiger partial charge in [0.2, 0.25) is 0 Å². The highest BCUT2D eigenvalue weighted by atomic mass is 16.5. The van der Waals surface area contributed by atoms with Gasteiger partial charge >= 0.3 is 0 Å². The number of unbranched alkanes of at least 4 members (excludes halogenated alkanes) is 6. The van der Waals surface area contributed by atoms with Gasteiger partial charge in [0.25, 0.3) is 0 Å². The van der Waals surface area contributed by atoms with Crippen molar-refractivity contribution in [1.82, 2.24) is 0 Å². The van der Waals surface area contributed by atoms with Crippen LogP contribution in [0.5, 0.6) is 0 Å². The Hall–Kier alpha value is -0.0400. The molecule has 0 N–H and O–H groups in total. The lowest BCUT2D eigenvalue weighted by molar-refractivity contribution is -0.234. The van der Waals surface area contributed by atoms with Crippen molar-refractivity contribution in [3.05, 3.63) is 0 Å². The molecule has 1 heteroatoms. The SMILES string of the molecule is CCCCCC(CCCC)C(C)(C)C(C)(C)OC(C)(C)C(C)(C)C(CCCC)CCCCC. The van der Waals surface area contributed by atoms with Crippen LogP contribution in [0.15, 0.2) is 0 Å². The Morgan fingerprint density at radius 2 is 0.697 bits per heavy atom. The van der Waals surface area contributed by atoms with Gasteiger partial charge in [0, 0.05) is 0 Å². The van der Waals surface area contributed by atoms with E-state index in [4.69, 9.17) is 4.74 Å². The second-order valence-electron chi connectivity index (χ2n) is 13.2. The molecule has 0 heterocycles. The first-order valence-electron chi connectivity index (χ1n) is 14.9. The Morgan fingerprint density at radius 3 is 0.970 bits per heavy atom. The first kappa shape index (κ1) is 33.0. The number of hydrogen-bond acceptors (Lipinski definition) is 1. The summed E-state index contributed by atoms with van der Waals surface area (Å²) in [4.78, 5) is 0. The molecule has 0 spiro atoms. The lowest BCUT2D eigenvalue weighted by Gasteiger charge is -2.55. The first-order valence-corrected chi connectivity index (χ1v) is 14.9. The molecule has 1 nitrogen and oxygen atoms in total. The van der Waals surface area contributed by atoms with Crippen LogP contribution in [-0.4, -0.2) is 11.2 Å². The van der Waals surface area contributed by atoms with Crippen LogP contribution < -0.4 is 0 Å². The molecule has 0 radical (unpaired) electrons. The fraction of sp³-hybridized carbons (Fsp3) is 1.00. The zero-order valence-corrected chi connectivity index (χ0v) is 25.5. The standard InChI is InChI=1S/C32H66O/c1-13-17-21-25-27(23-19-15-3)29(5,6)31(9,10)33-32(11,12)30(7,8)28(24-20-16-4)26-22-18-14-2/h27-28H,13-26H2,1-12H3. The van der Waals surface area contributed by atoms with Crippen molar-refractivity contribution in [2.75, 3.05) is 0 Å². The third kappa shape index (κ3) is 9.85. The van der Waals surface area contributed by atoms with Crippen molar-refractivity contribution in [3.63, 3.8) is 0 Å². The van der Waals surface area contributed by atoms with Crippen molar-refractivity contribution < 1.29 is 4.74 Å². The summed E-state index contributed by atoms with van der Waals surface area (Å²) in [5, 5.41) is 0. The number of hydrogen-bond donors (Lipinski definition) is 0. The molecule has 33 heavy (non-hydrogen) atoms. The molecule has 0 saturated carbocycles. The van der Waals surface area contributed by atoms with Gasteiger partial charge < -0.3 is 4.74 Å². The summed E-state index contributed by atoms with van der Waals surface area (Å²) in [6, 6.07) is 0. The first-order chi connectivity index (χ1) is 15.2. The van der Waals surface area contributed by atoms with E-state index in [2.05, 4.69) is 83.1 Å². The van der Waals surface area contributed by atoms with Gasteiger partial charge in [-0.05, 0) is 76.0 Å². The molecular formula is C32H66O. The van der Waals surface area contributed by atoms with E-state index in [1.807, 2.05) is 0 Å². The molecule has 2 atom stereocenters. The Kier molecular flexibility index (Phi) is 15.1. The van der Waals surface area contributed by atoms with E-state index in [0.29, 0.717) is 0 Å². The number of rotatable bonds is 20. The second kappa shape index (κ2) is 15.2. The Labute approximate surface area is 211 Å². The molecule has 0 aromatic heterocycles. The molecule has 200 valence electrons. The van der Waals surface area contributed by atoms with Crippen LogP contribution in [0, 0.1) is 22.7 Å². The molecule has 0 bridgehead atoms. The molecule has 0 aromatic rings. The Morgan fingerprint density at radius 1 is 0.424 bits per heavy atom. The zero-order chi connectivity index (χ0) is 25.8. The molecule has 0 aromatic carbocycles. The van der Waals surface area contributed by atoms with Crippen LogP contribution in [0.25, 0.3) is 0 Å². The van der Waals surface area contributed by atoms with Gasteiger partial charge in [0.05, 0.1) is 11.2 Å². The minimum absolute atomic E-state index is 0.143. The van der Waals surface area contributed by atoms with Crippen LogP contribution in [0.3, 0.4) is 0 Å².